The summed E-state index contributed by atoms with van der Waals surface area (Å²) in [6.45, 7) is 7.55. The van der Waals surface area contributed by atoms with Crippen LogP contribution in [0.1, 0.15) is 40.0 Å². The monoisotopic (exact) mass is 230 g/mol. The summed E-state index contributed by atoms with van der Waals surface area (Å²) in [5.41, 5.74) is -0.162. The van der Waals surface area contributed by atoms with E-state index in [9.17, 15) is 9.90 Å². The van der Waals surface area contributed by atoms with E-state index < -0.39 is 0 Å². The van der Waals surface area contributed by atoms with Gasteiger partial charge < -0.3 is 15.3 Å². The molecule has 0 saturated carbocycles. The van der Waals surface area contributed by atoms with Crippen LogP contribution in [0.25, 0.3) is 0 Å². The highest BCUT2D eigenvalue weighted by atomic mass is 16.3. The van der Waals surface area contributed by atoms with Gasteiger partial charge in [0.25, 0.3) is 0 Å². The van der Waals surface area contributed by atoms with Gasteiger partial charge in [0.1, 0.15) is 0 Å². The molecule has 0 radical (unpaired) electrons. The lowest BCUT2D eigenvalue weighted by molar-refractivity contribution is -0.132. The maximum atomic E-state index is 11.4. The number of nitrogens with zero attached hydrogens (tertiary/aromatic N) is 1. The maximum Gasteiger partial charge on any atom is 0.222 e. The number of hydrogen-bond acceptors (Lipinski definition) is 3. The van der Waals surface area contributed by atoms with Crippen molar-refractivity contribution in [2.24, 2.45) is 0 Å². The number of rotatable bonds is 3. The van der Waals surface area contributed by atoms with Crippen LogP contribution < -0.4 is 5.32 Å². The first-order valence-corrected chi connectivity index (χ1v) is 6.25. The molecule has 4 nitrogen and oxygen atoms in total. The fraction of sp³-hybridized carbons (Fsp3) is 0.917. The Labute approximate surface area is 99.0 Å². The third-order valence-electron chi connectivity index (χ3n) is 3.21. The van der Waals surface area contributed by atoms with E-state index in [0.717, 1.165) is 25.9 Å². The Hall–Kier alpha value is -0.610. The van der Waals surface area contributed by atoms with Crippen LogP contribution in [0, 0.1) is 0 Å². The molecule has 1 rings (SSSR count). The van der Waals surface area contributed by atoms with Gasteiger partial charge in [0, 0.05) is 25.0 Å². The topological polar surface area (TPSA) is 52.6 Å². The van der Waals surface area contributed by atoms with Crippen LogP contribution in [0.2, 0.25) is 0 Å². The number of amides is 1. The van der Waals surface area contributed by atoms with Crippen molar-refractivity contribution in [3.05, 3.63) is 0 Å². The predicted octanol–water partition coefficient (Wildman–Crippen LogP) is 0.995. The second-order valence-corrected chi connectivity index (χ2v) is 3.92. The number of piperidine rings is 1. The van der Waals surface area contributed by atoms with E-state index in [2.05, 4.69) is 5.32 Å². The van der Waals surface area contributed by atoms with Crippen LogP contribution in [0.15, 0.2) is 0 Å². The summed E-state index contributed by atoms with van der Waals surface area (Å²) in [5, 5.41) is 12.4. The number of aliphatic hydroxyl groups is 1. The number of hydrogen-bond donors (Lipinski definition) is 2. The predicted molar refractivity (Wildman–Crippen MR) is 66.3 cm³/mol. The van der Waals surface area contributed by atoms with E-state index in [4.69, 9.17) is 0 Å². The molecule has 1 saturated heterocycles. The molecule has 1 heterocycles. The number of nitrogens with one attached hydrogen (secondary N) is 1. The lowest BCUT2D eigenvalue weighted by Gasteiger charge is -2.40. The van der Waals surface area contributed by atoms with Crippen molar-refractivity contribution in [3.8, 4) is 0 Å². The largest absolute Gasteiger partial charge is 0.394 e. The van der Waals surface area contributed by atoms with Crippen molar-refractivity contribution in [2.75, 3.05) is 26.7 Å². The Balaban J connectivity index is 0.00000106. The van der Waals surface area contributed by atoms with Crippen LogP contribution in [0.5, 0.6) is 0 Å². The molecular formula is C12H26N2O2. The first kappa shape index (κ1) is 15.4. The van der Waals surface area contributed by atoms with E-state index >= 15 is 0 Å². The number of likely N-dealkylation sites (tertiary alicyclic amines) is 1. The van der Waals surface area contributed by atoms with Crippen molar-refractivity contribution < 1.29 is 9.90 Å². The molecule has 1 aliphatic rings. The lowest BCUT2D eigenvalue weighted by atomic mass is 9.88. The van der Waals surface area contributed by atoms with Gasteiger partial charge in [-0.2, -0.15) is 0 Å². The zero-order valence-corrected chi connectivity index (χ0v) is 11.0. The third-order valence-corrected chi connectivity index (χ3v) is 3.21. The molecule has 0 aromatic heterocycles. The highest BCUT2D eigenvalue weighted by Crippen LogP contribution is 2.21. The van der Waals surface area contributed by atoms with E-state index in [-0.39, 0.29) is 18.1 Å². The first-order chi connectivity index (χ1) is 7.67. The lowest BCUT2D eigenvalue weighted by Crippen LogP contribution is -2.55. The van der Waals surface area contributed by atoms with Crippen molar-refractivity contribution in [1.82, 2.24) is 10.2 Å². The average molecular weight is 230 g/mol. The van der Waals surface area contributed by atoms with Crippen molar-refractivity contribution >= 4 is 5.91 Å². The van der Waals surface area contributed by atoms with Crippen LogP contribution in [-0.4, -0.2) is 48.2 Å². The zero-order chi connectivity index (χ0) is 12.6. The van der Waals surface area contributed by atoms with Gasteiger partial charge in [-0.25, -0.2) is 0 Å². The SMILES string of the molecule is CC.CCC(=O)N1CCC(CO)(NC)CC1. The highest BCUT2D eigenvalue weighted by Gasteiger charge is 2.33. The normalized spacial score (nSPS) is 18.7. The summed E-state index contributed by atoms with van der Waals surface area (Å²) < 4.78 is 0. The first-order valence-electron chi connectivity index (χ1n) is 6.25. The van der Waals surface area contributed by atoms with E-state index in [1.54, 1.807) is 0 Å². The van der Waals surface area contributed by atoms with Gasteiger partial charge >= 0.3 is 0 Å². The van der Waals surface area contributed by atoms with Crippen molar-refractivity contribution in [2.45, 2.75) is 45.6 Å². The quantitative estimate of drug-likeness (QED) is 0.760. The van der Waals surface area contributed by atoms with Gasteiger partial charge in [0.05, 0.1) is 6.61 Å². The van der Waals surface area contributed by atoms with Gasteiger partial charge in [-0.15, -0.1) is 0 Å². The van der Waals surface area contributed by atoms with Crippen molar-refractivity contribution in [3.63, 3.8) is 0 Å². The summed E-state index contributed by atoms with van der Waals surface area (Å²) in [4.78, 5) is 13.3. The number of carbonyl (C=O) groups is 1. The molecule has 1 fully saturated rings. The fourth-order valence-electron chi connectivity index (χ4n) is 1.89. The van der Waals surface area contributed by atoms with Gasteiger partial charge in [-0.05, 0) is 19.9 Å². The second-order valence-electron chi connectivity index (χ2n) is 3.92. The van der Waals surface area contributed by atoms with Crippen LogP contribution in [0.3, 0.4) is 0 Å². The zero-order valence-electron chi connectivity index (χ0n) is 11.0. The van der Waals surface area contributed by atoms with E-state index in [0.29, 0.717) is 6.42 Å². The standard InChI is InChI=1S/C10H20N2O2.C2H6/c1-3-9(14)12-6-4-10(8-13,11-2)5-7-12;1-2/h11,13H,3-8H2,1-2H3;1-2H3. The molecule has 0 atom stereocenters. The minimum absolute atomic E-state index is 0.150. The molecule has 96 valence electrons. The second kappa shape index (κ2) is 7.63. The summed E-state index contributed by atoms with van der Waals surface area (Å²) in [6, 6.07) is 0. The molecule has 0 bridgehead atoms. The minimum Gasteiger partial charge on any atom is -0.394 e. The Morgan fingerprint density at radius 2 is 1.88 bits per heavy atom. The van der Waals surface area contributed by atoms with E-state index in [1.165, 1.54) is 0 Å². The molecule has 0 aliphatic carbocycles. The Morgan fingerprint density at radius 3 is 2.19 bits per heavy atom. The number of aliphatic hydroxyl groups excluding tert-OH is 1. The summed E-state index contributed by atoms with van der Waals surface area (Å²) >= 11 is 0. The van der Waals surface area contributed by atoms with Crippen LogP contribution in [-0.2, 0) is 4.79 Å². The fourth-order valence-corrected chi connectivity index (χ4v) is 1.89. The summed E-state index contributed by atoms with van der Waals surface area (Å²) in [7, 11) is 1.87. The summed E-state index contributed by atoms with van der Waals surface area (Å²) in [5.74, 6) is 0.215. The van der Waals surface area contributed by atoms with Crippen LogP contribution in [0.4, 0.5) is 0 Å². The Kier molecular flexibility index (Phi) is 7.34. The average Bonchev–Trinajstić information content (AvgIpc) is 2.40. The molecule has 1 amide bonds. The van der Waals surface area contributed by atoms with Gasteiger partial charge in [0.15, 0.2) is 0 Å². The number of likely N-dealkylation sites (N-methyl/N-ethyl adjacent to an activating group) is 1. The molecule has 0 aromatic carbocycles. The molecule has 1 aliphatic heterocycles. The van der Waals surface area contributed by atoms with E-state index in [1.807, 2.05) is 32.7 Å². The molecule has 16 heavy (non-hydrogen) atoms. The maximum absolute atomic E-state index is 11.4. The molecular weight excluding hydrogens is 204 g/mol. The Bertz CT molecular complexity index is 193. The van der Waals surface area contributed by atoms with Gasteiger partial charge in [-0.3, -0.25) is 4.79 Å². The molecule has 0 spiro atoms. The van der Waals surface area contributed by atoms with Gasteiger partial charge in [-0.1, -0.05) is 20.8 Å². The Morgan fingerprint density at radius 1 is 1.38 bits per heavy atom. The molecule has 4 heteroatoms. The summed E-state index contributed by atoms with van der Waals surface area (Å²) in [6.07, 6.45) is 2.25. The van der Waals surface area contributed by atoms with Crippen molar-refractivity contribution in [1.29, 1.82) is 0 Å². The third kappa shape index (κ3) is 3.76. The highest BCUT2D eigenvalue weighted by molar-refractivity contribution is 5.75. The smallest absolute Gasteiger partial charge is 0.222 e. The van der Waals surface area contributed by atoms with Crippen LogP contribution >= 0.6 is 0 Å². The molecule has 2 N–H and O–H groups in total. The minimum atomic E-state index is -0.162. The van der Waals surface area contributed by atoms with Gasteiger partial charge in [0.2, 0.25) is 5.91 Å². The number of carbonyl (C=O) groups excluding carboxylic acids is 1. The molecule has 0 unspecified atom stereocenters. The molecule has 0 aromatic rings.